The SMILES string of the molecule is CCCCCOc1ccc(C=CC(=O)O)cc1. The molecule has 0 aliphatic heterocycles. The molecule has 0 unspecified atom stereocenters. The van der Waals surface area contributed by atoms with Crippen molar-refractivity contribution >= 4 is 12.0 Å². The fourth-order valence-corrected chi connectivity index (χ4v) is 1.38. The first-order valence-corrected chi connectivity index (χ1v) is 5.86. The first kappa shape index (κ1) is 13.3. The molecule has 92 valence electrons. The fourth-order valence-electron chi connectivity index (χ4n) is 1.38. The highest BCUT2D eigenvalue weighted by Gasteiger charge is 1.94. The van der Waals surface area contributed by atoms with Gasteiger partial charge in [-0.2, -0.15) is 0 Å². The molecular weight excluding hydrogens is 216 g/mol. The third-order valence-corrected chi connectivity index (χ3v) is 2.32. The Morgan fingerprint density at radius 2 is 2.00 bits per heavy atom. The van der Waals surface area contributed by atoms with Crippen molar-refractivity contribution in [1.82, 2.24) is 0 Å². The van der Waals surface area contributed by atoms with Gasteiger partial charge in [0.05, 0.1) is 6.61 Å². The number of carboxylic acid groups (broad SMARTS) is 1. The molecule has 1 aromatic rings. The second-order valence-corrected chi connectivity index (χ2v) is 3.80. The fraction of sp³-hybridized carbons (Fsp3) is 0.357. The van der Waals surface area contributed by atoms with Crippen LogP contribution >= 0.6 is 0 Å². The number of hydrogen-bond acceptors (Lipinski definition) is 2. The van der Waals surface area contributed by atoms with Crippen LogP contribution in [0.2, 0.25) is 0 Å². The molecule has 0 spiro atoms. The Hall–Kier alpha value is -1.77. The van der Waals surface area contributed by atoms with Gasteiger partial charge in [-0.3, -0.25) is 0 Å². The molecule has 0 aliphatic carbocycles. The van der Waals surface area contributed by atoms with Gasteiger partial charge in [0.25, 0.3) is 0 Å². The van der Waals surface area contributed by atoms with E-state index < -0.39 is 5.97 Å². The molecule has 1 aromatic carbocycles. The minimum Gasteiger partial charge on any atom is -0.494 e. The van der Waals surface area contributed by atoms with Crippen molar-refractivity contribution in [1.29, 1.82) is 0 Å². The molecule has 0 saturated carbocycles. The van der Waals surface area contributed by atoms with Crippen molar-refractivity contribution in [2.24, 2.45) is 0 Å². The summed E-state index contributed by atoms with van der Waals surface area (Å²) < 4.78 is 5.55. The predicted octanol–water partition coefficient (Wildman–Crippen LogP) is 3.35. The van der Waals surface area contributed by atoms with Crippen LogP contribution in [0.15, 0.2) is 30.3 Å². The first-order chi connectivity index (χ1) is 8.22. The number of rotatable bonds is 7. The largest absolute Gasteiger partial charge is 0.494 e. The minimum absolute atomic E-state index is 0.734. The van der Waals surface area contributed by atoms with E-state index in [0.717, 1.165) is 30.4 Å². The Labute approximate surface area is 102 Å². The predicted molar refractivity (Wildman–Crippen MR) is 68.1 cm³/mol. The van der Waals surface area contributed by atoms with Crippen LogP contribution in [0, 0.1) is 0 Å². The van der Waals surface area contributed by atoms with Crippen LogP contribution in [0.3, 0.4) is 0 Å². The molecule has 17 heavy (non-hydrogen) atoms. The van der Waals surface area contributed by atoms with Crippen LogP contribution in [0.5, 0.6) is 5.75 Å². The van der Waals surface area contributed by atoms with Crippen molar-refractivity contribution in [2.45, 2.75) is 26.2 Å². The number of benzene rings is 1. The van der Waals surface area contributed by atoms with Crippen LogP contribution in [0.4, 0.5) is 0 Å². The van der Waals surface area contributed by atoms with Crippen molar-refractivity contribution < 1.29 is 14.6 Å². The van der Waals surface area contributed by atoms with E-state index in [4.69, 9.17) is 9.84 Å². The van der Waals surface area contributed by atoms with Crippen molar-refractivity contribution in [3.63, 3.8) is 0 Å². The van der Waals surface area contributed by atoms with E-state index in [2.05, 4.69) is 6.92 Å². The van der Waals surface area contributed by atoms with E-state index in [0.29, 0.717) is 0 Å². The molecule has 0 atom stereocenters. The monoisotopic (exact) mass is 234 g/mol. The maximum atomic E-state index is 10.3. The summed E-state index contributed by atoms with van der Waals surface area (Å²) in [5.41, 5.74) is 0.855. The summed E-state index contributed by atoms with van der Waals surface area (Å²) in [4.78, 5) is 10.3. The van der Waals surface area contributed by atoms with Crippen LogP contribution in [-0.4, -0.2) is 17.7 Å². The molecule has 0 heterocycles. The molecule has 1 rings (SSSR count). The number of carboxylic acids is 1. The molecule has 0 amide bonds. The lowest BCUT2D eigenvalue weighted by Gasteiger charge is -2.05. The third kappa shape index (κ3) is 5.76. The molecule has 1 N–H and O–H groups in total. The number of carbonyl (C=O) groups is 1. The second-order valence-electron chi connectivity index (χ2n) is 3.80. The zero-order valence-corrected chi connectivity index (χ0v) is 10.1. The summed E-state index contributed by atoms with van der Waals surface area (Å²) >= 11 is 0. The van der Waals surface area contributed by atoms with E-state index in [-0.39, 0.29) is 0 Å². The number of ether oxygens (including phenoxy) is 1. The van der Waals surface area contributed by atoms with E-state index >= 15 is 0 Å². The lowest BCUT2D eigenvalue weighted by Crippen LogP contribution is -1.96. The van der Waals surface area contributed by atoms with Gasteiger partial charge >= 0.3 is 5.97 Å². The smallest absolute Gasteiger partial charge is 0.328 e. The number of hydrogen-bond donors (Lipinski definition) is 1. The zero-order valence-electron chi connectivity index (χ0n) is 10.1. The van der Waals surface area contributed by atoms with Crippen LogP contribution < -0.4 is 4.74 Å². The maximum absolute atomic E-state index is 10.3. The quantitative estimate of drug-likeness (QED) is 0.581. The lowest BCUT2D eigenvalue weighted by molar-refractivity contribution is -0.131. The van der Waals surface area contributed by atoms with Gasteiger partial charge in [0.1, 0.15) is 5.75 Å². The molecule has 0 aromatic heterocycles. The Morgan fingerprint density at radius 1 is 1.29 bits per heavy atom. The summed E-state index contributed by atoms with van der Waals surface area (Å²) in [6.45, 7) is 2.89. The highest BCUT2D eigenvalue weighted by molar-refractivity contribution is 5.85. The molecule has 0 aliphatic rings. The highest BCUT2D eigenvalue weighted by Crippen LogP contribution is 2.13. The van der Waals surface area contributed by atoms with Gasteiger partial charge in [0.15, 0.2) is 0 Å². The lowest BCUT2D eigenvalue weighted by atomic mass is 10.2. The van der Waals surface area contributed by atoms with E-state index in [1.54, 1.807) is 6.08 Å². The topological polar surface area (TPSA) is 46.5 Å². The maximum Gasteiger partial charge on any atom is 0.328 e. The van der Waals surface area contributed by atoms with Crippen LogP contribution in [0.25, 0.3) is 6.08 Å². The Bertz CT molecular complexity index is 366. The summed E-state index contributed by atoms with van der Waals surface area (Å²) in [7, 11) is 0. The van der Waals surface area contributed by atoms with Crippen molar-refractivity contribution in [3.8, 4) is 5.75 Å². The van der Waals surface area contributed by atoms with Crippen LogP contribution in [-0.2, 0) is 4.79 Å². The second kappa shape index (κ2) is 7.49. The summed E-state index contributed by atoms with van der Waals surface area (Å²) in [6.07, 6.45) is 6.11. The van der Waals surface area contributed by atoms with Gasteiger partial charge in [-0.25, -0.2) is 4.79 Å². The van der Waals surface area contributed by atoms with E-state index in [1.165, 1.54) is 12.8 Å². The Balaban J connectivity index is 2.42. The van der Waals surface area contributed by atoms with Gasteiger partial charge in [-0.15, -0.1) is 0 Å². The van der Waals surface area contributed by atoms with Gasteiger partial charge in [0.2, 0.25) is 0 Å². The van der Waals surface area contributed by atoms with Gasteiger partial charge in [0, 0.05) is 6.08 Å². The van der Waals surface area contributed by atoms with E-state index in [1.807, 2.05) is 24.3 Å². The molecule has 0 fully saturated rings. The molecule has 0 bridgehead atoms. The summed E-state index contributed by atoms with van der Waals surface area (Å²) in [5, 5.41) is 8.48. The molecular formula is C14H18O3. The standard InChI is InChI=1S/C14H18O3/c1-2-3-4-11-17-13-8-5-12(6-9-13)7-10-14(15)16/h5-10H,2-4,11H2,1H3,(H,15,16). The third-order valence-electron chi connectivity index (χ3n) is 2.32. The average Bonchev–Trinajstić information content (AvgIpc) is 2.33. The number of unbranched alkanes of at least 4 members (excludes halogenated alkanes) is 2. The highest BCUT2D eigenvalue weighted by atomic mass is 16.5. The van der Waals surface area contributed by atoms with Crippen molar-refractivity contribution in [2.75, 3.05) is 6.61 Å². The van der Waals surface area contributed by atoms with Gasteiger partial charge in [-0.1, -0.05) is 31.9 Å². The van der Waals surface area contributed by atoms with Gasteiger partial charge < -0.3 is 9.84 Å². The molecule has 0 saturated heterocycles. The Morgan fingerprint density at radius 3 is 2.59 bits per heavy atom. The van der Waals surface area contributed by atoms with Gasteiger partial charge in [-0.05, 0) is 30.2 Å². The number of aliphatic carboxylic acids is 1. The Kier molecular flexibility index (Phi) is 5.86. The van der Waals surface area contributed by atoms with Crippen LogP contribution in [0.1, 0.15) is 31.7 Å². The normalized spacial score (nSPS) is 10.6. The summed E-state index contributed by atoms with van der Waals surface area (Å²) in [6, 6.07) is 7.39. The molecule has 3 nitrogen and oxygen atoms in total. The van der Waals surface area contributed by atoms with E-state index in [9.17, 15) is 4.79 Å². The minimum atomic E-state index is -0.940. The molecule has 3 heteroatoms. The summed E-state index contributed by atoms with van der Waals surface area (Å²) in [5.74, 6) is -0.113. The molecule has 0 radical (unpaired) electrons. The first-order valence-electron chi connectivity index (χ1n) is 5.86. The zero-order chi connectivity index (χ0) is 12.5. The van der Waals surface area contributed by atoms with Crippen molar-refractivity contribution in [3.05, 3.63) is 35.9 Å². The average molecular weight is 234 g/mol.